The molecule has 4 aromatic rings. The van der Waals surface area contributed by atoms with Gasteiger partial charge in [-0.25, -0.2) is 9.67 Å². The molecule has 0 saturated carbocycles. The molecule has 0 N–H and O–H groups in total. The molecular weight excluding hydrogens is 386 g/mol. The van der Waals surface area contributed by atoms with E-state index in [1.165, 1.54) is 10.2 Å². The third-order valence-corrected chi connectivity index (χ3v) is 5.75. The summed E-state index contributed by atoms with van der Waals surface area (Å²) in [4.78, 5) is 24.3. The summed E-state index contributed by atoms with van der Waals surface area (Å²) in [5, 5.41) is 6.63. The number of hydrogen-bond acceptors (Lipinski definition) is 7. The van der Waals surface area contributed by atoms with Gasteiger partial charge in [-0.1, -0.05) is 0 Å². The van der Waals surface area contributed by atoms with Gasteiger partial charge >= 0.3 is 0 Å². The number of anilines is 1. The van der Waals surface area contributed by atoms with E-state index in [0.717, 1.165) is 27.3 Å². The number of aryl methyl sites for hydroxylation is 1. The molecule has 0 bridgehead atoms. The van der Waals surface area contributed by atoms with Gasteiger partial charge in [0.2, 0.25) is 0 Å². The summed E-state index contributed by atoms with van der Waals surface area (Å²) < 4.78 is 6.74. The monoisotopic (exact) mass is 407 g/mol. The second kappa shape index (κ2) is 8.00. The highest BCUT2D eigenvalue weighted by atomic mass is 32.1. The smallest absolute Gasteiger partial charge is 0.266 e. The number of pyridine rings is 2. The first kappa shape index (κ1) is 19.1. The Labute approximate surface area is 172 Å². The molecule has 0 fully saturated rings. The van der Waals surface area contributed by atoms with Gasteiger partial charge in [-0.15, -0.1) is 11.3 Å². The van der Waals surface area contributed by atoms with E-state index >= 15 is 0 Å². The summed E-state index contributed by atoms with van der Waals surface area (Å²) >= 11 is 1.63. The van der Waals surface area contributed by atoms with Crippen LogP contribution in [0.25, 0.3) is 21.6 Å². The lowest BCUT2D eigenvalue weighted by atomic mass is 10.2. The number of aromatic nitrogens is 4. The van der Waals surface area contributed by atoms with Gasteiger partial charge in [0.1, 0.15) is 17.0 Å². The van der Waals surface area contributed by atoms with E-state index in [9.17, 15) is 4.79 Å². The van der Waals surface area contributed by atoms with E-state index in [-0.39, 0.29) is 5.56 Å². The average Bonchev–Trinajstić information content (AvgIpc) is 3.18. The first-order chi connectivity index (χ1) is 14.0. The predicted octanol–water partition coefficient (Wildman–Crippen LogP) is 3.37. The van der Waals surface area contributed by atoms with Gasteiger partial charge in [-0.2, -0.15) is 5.10 Å². The fourth-order valence-corrected chi connectivity index (χ4v) is 3.95. The van der Waals surface area contributed by atoms with Gasteiger partial charge in [0, 0.05) is 31.9 Å². The van der Waals surface area contributed by atoms with Gasteiger partial charge in [0.15, 0.2) is 0 Å². The number of likely N-dealkylation sites (N-methyl/N-ethyl adjacent to an activating group) is 1. The van der Waals surface area contributed by atoms with Crippen LogP contribution >= 0.6 is 11.3 Å². The Morgan fingerprint density at radius 3 is 2.83 bits per heavy atom. The standard InChI is InChI=1S/C21H21N5O2S/c1-14-10-19(29-13-14)16-4-5-20(27)26(24-16)9-8-25(2)18-6-7-22-17-11-15(28-3)12-23-21(17)18/h4-7,10-13H,8-9H2,1-3H3. The lowest BCUT2D eigenvalue weighted by Crippen LogP contribution is -2.30. The number of thiophene rings is 1. The molecule has 0 amide bonds. The van der Waals surface area contributed by atoms with Crippen molar-refractivity contribution in [2.45, 2.75) is 13.5 Å². The third kappa shape index (κ3) is 3.97. The summed E-state index contributed by atoms with van der Waals surface area (Å²) in [6.07, 6.45) is 3.43. The van der Waals surface area contributed by atoms with Crippen molar-refractivity contribution in [3.63, 3.8) is 0 Å². The van der Waals surface area contributed by atoms with E-state index in [0.29, 0.717) is 18.8 Å². The van der Waals surface area contributed by atoms with Gasteiger partial charge in [0.25, 0.3) is 5.56 Å². The van der Waals surface area contributed by atoms with Gasteiger partial charge in [-0.05, 0) is 36.1 Å². The molecule has 4 aromatic heterocycles. The SMILES string of the molecule is COc1cnc2c(N(C)CCn3nc(-c4cc(C)cs4)ccc3=O)ccnc2c1. The molecule has 0 atom stereocenters. The first-order valence-electron chi connectivity index (χ1n) is 9.19. The fourth-order valence-electron chi connectivity index (χ4n) is 3.09. The van der Waals surface area contributed by atoms with Crippen LogP contribution in [0.1, 0.15) is 5.56 Å². The lowest BCUT2D eigenvalue weighted by Gasteiger charge is -2.20. The molecule has 8 heteroatoms. The second-order valence-corrected chi connectivity index (χ2v) is 7.67. The minimum Gasteiger partial charge on any atom is -0.495 e. The summed E-state index contributed by atoms with van der Waals surface area (Å²) in [5.41, 5.74) is 4.39. The number of methoxy groups -OCH3 is 1. The summed E-state index contributed by atoms with van der Waals surface area (Å²) in [6.45, 7) is 3.12. The van der Waals surface area contributed by atoms with E-state index in [1.807, 2.05) is 26.1 Å². The zero-order valence-corrected chi connectivity index (χ0v) is 17.3. The molecule has 4 rings (SSSR count). The van der Waals surface area contributed by atoms with Crippen molar-refractivity contribution >= 4 is 28.1 Å². The van der Waals surface area contributed by atoms with Gasteiger partial charge < -0.3 is 9.64 Å². The molecule has 0 aliphatic carbocycles. The molecule has 0 spiro atoms. The highest BCUT2D eigenvalue weighted by molar-refractivity contribution is 7.13. The van der Waals surface area contributed by atoms with Crippen molar-refractivity contribution < 1.29 is 4.74 Å². The molecular formula is C21H21N5O2S. The largest absolute Gasteiger partial charge is 0.495 e. The Kier molecular flexibility index (Phi) is 5.26. The number of nitrogens with zero attached hydrogens (tertiary/aromatic N) is 5. The maximum Gasteiger partial charge on any atom is 0.266 e. The van der Waals surface area contributed by atoms with Crippen LogP contribution in [0.4, 0.5) is 5.69 Å². The zero-order chi connectivity index (χ0) is 20.4. The number of fused-ring (bicyclic) bond motifs is 1. The van der Waals surface area contributed by atoms with Crippen LogP contribution in [0, 0.1) is 6.92 Å². The maximum absolute atomic E-state index is 12.3. The lowest BCUT2D eigenvalue weighted by molar-refractivity contribution is 0.413. The van der Waals surface area contributed by atoms with Crippen LogP contribution in [-0.4, -0.2) is 40.5 Å². The first-order valence-corrected chi connectivity index (χ1v) is 10.1. The van der Waals surface area contributed by atoms with Crippen LogP contribution in [0.2, 0.25) is 0 Å². The topological polar surface area (TPSA) is 73.1 Å². The Bertz CT molecular complexity index is 1220. The van der Waals surface area contributed by atoms with E-state index in [4.69, 9.17) is 4.74 Å². The maximum atomic E-state index is 12.3. The Morgan fingerprint density at radius 2 is 2.07 bits per heavy atom. The van der Waals surface area contributed by atoms with E-state index < -0.39 is 0 Å². The van der Waals surface area contributed by atoms with E-state index in [2.05, 4.69) is 31.4 Å². The average molecular weight is 407 g/mol. The van der Waals surface area contributed by atoms with Crippen molar-refractivity contribution in [2.24, 2.45) is 0 Å². The van der Waals surface area contributed by atoms with Gasteiger partial charge in [-0.3, -0.25) is 9.78 Å². The molecule has 4 heterocycles. The minimum atomic E-state index is -0.113. The van der Waals surface area contributed by atoms with Crippen molar-refractivity contribution in [3.05, 3.63) is 64.0 Å². The summed E-state index contributed by atoms with van der Waals surface area (Å²) in [7, 11) is 3.58. The van der Waals surface area contributed by atoms with Crippen LogP contribution in [0.5, 0.6) is 5.75 Å². The van der Waals surface area contributed by atoms with Crippen molar-refractivity contribution in [1.82, 2.24) is 19.7 Å². The second-order valence-electron chi connectivity index (χ2n) is 6.76. The normalized spacial score (nSPS) is 11.0. The molecule has 0 aromatic carbocycles. The van der Waals surface area contributed by atoms with Crippen molar-refractivity contribution in [3.8, 4) is 16.3 Å². The molecule has 0 saturated heterocycles. The quantitative estimate of drug-likeness (QED) is 0.488. The summed E-state index contributed by atoms with van der Waals surface area (Å²) in [5.74, 6) is 0.668. The molecule has 7 nitrogen and oxygen atoms in total. The van der Waals surface area contributed by atoms with Crippen LogP contribution in [0.3, 0.4) is 0 Å². The molecule has 148 valence electrons. The molecule has 0 radical (unpaired) electrons. The Balaban J connectivity index is 1.56. The molecule has 0 aliphatic rings. The number of ether oxygens (including phenoxy) is 1. The van der Waals surface area contributed by atoms with Crippen molar-refractivity contribution in [1.29, 1.82) is 0 Å². The fraction of sp³-hybridized carbons (Fsp3) is 0.238. The zero-order valence-electron chi connectivity index (χ0n) is 16.5. The predicted molar refractivity (Wildman–Crippen MR) is 116 cm³/mol. The summed E-state index contributed by atoms with van der Waals surface area (Å²) in [6, 6.07) is 9.21. The third-order valence-electron chi connectivity index (χ3n) is 4.67. The highest BCUT2D eigenvalue weighted by Crippen LogP contribution is 2.26. The van der Waals surface area contributed by atoms with Gasteiger partial charge in [0.05, 0.1) is 35.9 Å². The van der Waals surface area contributed by atoms with Crippen LogP contribution in [0.15, 0.2) is 52.9 Å². The molecule has 29 heavy (non-hydrogen) atoms. The molecule has 0 aliphatic heterocycles. The number of rotatable bonds is 6. The molecule has 0 unspecified atom stereocenters. The van der Waals surface area contributed by atoms with Crippen molar-refractivity contribution in [2.75, 3.05) is 25.6 Å². The Morgan fingerprint density at radius 1 is 1.21 bits per heavy atom. The van der Waals surface area contributed by atoms with Crippen LogP contribution < -0.4 is 15.2 Å². The van der Waals surface area contributed by atoms with Crippen LogP contribution in [-0.2, 0) is 6.54 Å². The Hall–Kier alpha value is -3.26. The number of hydrogen-bond donors (Lipinski definition) is 0. The minimum absolute atomic E-state index is 0.113. The van der Waals surface area contributed by atoms with E-state index in [1.54, 1.807) is 43.0 Å². The highest BCUT2D eigenvalue weighted by Gasteiger charge is 2.11.